The highest BCUT2D eigenvalue weighted by Gasteiger charge is 2.22. The fourth-order valence-electron chi connectivity index (χ4n) is 2.06. The van der Waals surface area contributed by atoms with Gasteiger partial charge in [-0.1, -0.05) is 6.07 Å². The number of benzene rings is 2. The zero-order valence-electron chi connectivity index (χ0n) is 14.3. The van der Waals surface area contributed by atoms with E-state index in [0.717, 1.165) is 12.1 Å². The van der Waals surface area contributed by atoms with Crippen LogP contribution >= 0.6 is 15.9 Å². The molecule has 0 saturated carbocycles. The first-order valence-corrected chi connectivity index (χ1v) is 9.91. The van der Waals surface area contributed by atoms with E-state index in [0.29, 0.717) is 0 Å². The van der Waals surface area contributed by atoms with Crippen molar-refractivity contribution in [2.75, 3.05) is 5.32 Å². The topological polar surface area (TPSA) is 159 Å². The molecule has 0 aliphatic carbocycles. The summed E-state index contributed by atoms with van der Waals surface area (Å²) >= 11 is 3.10. The van der Waals surface area contributed by atoms with E-state index in [4.69, 9.17) is 9.88 Å². The molecule has 10 nitrogen and oxygen atoms in total. The normalized spacial score (nSPS) is 12.1. The Morgan fingerprint density at radius 3 is 2.54 bits per heavy atom. The molecular weight excluding hydrogens is 458 g/mol. The van der Waals surface area contributed by atoms with Crippen LogP contribution in [0.25, 0.3) is 0 Å². The molecule has 2 aromatic carbocycles. The van der Waals surface area contributed by atoms with Gasteiger partial charge in [-0.2, -0.15) is 0 Å². The minimum absolute atomic E-state index is 0.137. The largest absolute Gasteiger partial charge is 0.449 e. The Morgan fingerprint density at radius 1 is 1.25 bits per heavy atom. The molecule has 1 unspecified atom stereocenters. The number of ether oxygens (including phenoxy) is 1. The van der Waals surface area contributed by atoms with E-state index in [1.165, 1.54) is 37.3 Å². The van der Waals surface area contributed by atoms with Crippen LogP contribution in [0.2, 0.25) is 0 Å². The summed E-state index contributed by atoms with van der Waals surface area (Å²) in [4.78, 5) is 34.3. The van der Waals surface area contributed by atoms with Gasteiger partial charge in [-0.25, -0.2) is 18.4 Å². The molecule has 0 saturated heterocycles. The lowest BCUT2D eigenvalue weighted by molar-refractivity contribution is -0.384. The second-order valence-corrected chi connectivity index (χ2v) is 7.95. The lowest BCUT2D eigenvalue weighted by Crippen LogP contribution is -2.30. The zero-order chi connectivity index (χ0) is 21.1. The number of nitrogens with one attached hydrogen (secondary N) is 1. The molecule has 0 aromatic heterocycles. The van der Waals surface area contributed by atoms with Gasteiger partial charge in [-0.3, -0.25) is 14.9 Å². The molecule has 0 fully saturated rings. The van der Waals surface area contributed by atoms with Crippen LogP contribution < -0.4 is 10.5 Å². The van der Waals surface area contributed by atoms with Crippen molar-refractivity contribution in [3.63, 3.8) is 0 Å². The van der Waals surface area contributed by atoms with Crippen molar-refractivity contribution >= 4 is 49.2 Å². The standard InChI is InChI=1S/C16H14BrN3O7S/c1-9(15(21)19-10-3-2-4-11(7-10)20(23)24)27-16(22)13-8-12(28(18,25)26)5-6-14(13)17/h2-9H,1H3,(H,19,21)(H2,18,25,26). The lowest BCUT2D eigenvalue weighted by Gasteiger charge is -2.14. The molecule has 2 aromatic rings. The van der Waals surface area contributed by atoms with Crippen LogP contribution in [0.15, 0.2) is 51.8 Å². The molecule has 148 valence electrons. The maximum atomic E-state index is 12.3. The van der Waals surface area contributed by atoms with Crippen LogP contribution in [0, 0.1) is 10.1 Å². The highest BCUT2D eigenvalue weighted by atomic mass is 79.9. The smallest absolute Gasteiger partial charge is 0.340 e. The Kier molecular flexibility index (Phi) is 6.48. The van der Waals surface area contributed by atoms with Gasteiger partial charge in [-0.05, 0) is 47.1 Å². The van der Waals surface area contributed by atoms with Crippen molar-refractivity contribution in [3.05, 3.63) is 62.6 Å². The van der Waals surface area contributed by atoms with Gasteiger partial charge in [0, 0.05) is 22.3 Å². The third kappa shape index (κ3) is 5.34. The Hall–Kier alpha value is -2.83. The van der Waals surface area contributed by atoms with Gasteiger partial charge in [0.15, 0.2) is 6.10 Å². The van der Waals surface area contributed by atoms with Crippen LogP contribution in [-0.2, 0) is 19.6 Å². The first-order chi connectivity index (χ1) is 13.0. The third-order valence-electron chi connectivity index (χ3n) is 3.46. The van der Waals surface area contributed by atoms with Gasteiger partial charge in [0.2, 0.25) is 10.0 Å². The number of halogens is 1. The number of hydrogen-bond acceptors (Lipinski definition) is 7. The number of non-ortho nitro benzene ring substituents is 1. The second kappa shape index (κ2) is 8.46. The number of anilines is 1. The molecule has 0 bridgehead atoms. The first kappa shape index (κ1) is 21.5. The molecule has 1 amide bonds. The molecule has 0 spiro atoms. The number of nitrogens with zero attached hydrogens (tertiary/aromatic N) is 1. The van der Waals surface area contributed by atoms with Crippen molar-refractivity contribution in [1.82, 2.24) is 0 Å². The number of amides is 1. The Labute approximate surface area is 168 Å². The van der Waals surface area contributed by atoms with E-state index < -0.39 is 32.9 Å². The van der Waals surface area contributed by atoms with Gasteiger partial charge >= 0.3 is 5.97 Å². The number of nitro benzene ring substituents is 1. The van der Waals surface area contributed by atoms with E-state index in [1.807, 2.05) is 0 Å². The summed E-state index contributed by atoms with van der Waals surface area (Å²) in [6.45, 7) is 1.29. The summed E-state index contributed by atoms with van der Waals surface area (Å²) in [7, 11) is -4.04. The van der Waals surface area contributed by atoms with Crippen LogP contribution in [0.4, 0.5) is 11.4 Å². The summed E-state index contributed by atoms with van der Waals surface area (Å²) in [5, 5.41) is 18.2. The van der Waals surface area contributed by atoms with Gasteiger partial charge in [-0.15, -0.1) is 0 Å². The van der Waals surface area contributed by atoms with Crippen LogP contribution in [0.5, 0.6) is 0 Å². The monoisotopic (exact) mass is 471 g/mol. The minimum atomic E-state index is -4.04. The Morgan fingerprint density at radius 2 is 1.93 bits per heavy atom. The number of rotatable bonds is 6. The number of primary sulfonamides is 1. The average molecular weight is 472 g/mol. The lowest BCUT2D eigenvalue weighted by atomic mass is 10.2. The molecule has 0 radical (unpaired) electrons. The maximum absolute atomic E-state index is 12.3. The minimum Gasteiger partial charge on any atom is -0.449 e. The number of nitrogens with two attached hydrogens (primary N) is 1. The third-order valence-corrected chi connectivity index (χ3v) is 5.07. The summed E-state index contributed by atoms with van der Waals surface area (Å²) < 4.78 is 28.1. The van der Waals surface area contributed by atoms with Crippen molar-refractivity contribution in [2.45, 2.75) is 17.9 Å². The fraction of sp³-hybridized carbons (Fsp3) is 0.125. The fourth-order valence-corrected chi connectivity index (χ4v) is 3.00. The quantitative estimate of drug-likeness (QED) is 0.370. The summed E-state index contributed by atoms with van der Waals surface area (Å²) in [5.41, 5.74) is -0.202. The number of carbonyl (C=O) groups is 2. The predicted molar refractivity (Wildman–Crippen MR) is 102 cm³/mol. The zero-order valence-corrected chi connectivity index (χ0v) is 16.7. The van der Waals surface area contributed by atoms with Crippen LogP contribution in [-0.4, -0.2) is 31.3 Å². The van der Waals surface area contributed by atoms with E-state index in [2.05, 4.69) is 21.2 Å². The molecular formula is C16H14BrN3O7S. The maximum Gasteiger partial charge on any atom is 0.340 e. The second-order valence-electron chi connectivity index (χ2n) is 5.53. The molecule has 3 N–H and O–H groups in total. The Bertz CT molecular complexity index is 1060. The number of nitro groups is 1. The van der Waals surface area contributed by atoms with Crippen molar-refractivity contribution in [2.24, 2.45) is 5.14 Å². The number of esters is 1. The van der Waals surface area contributed by atoms with E-state index in [9.17, 15) is 28.1 Å². The molecule has 0 heterocycles. The number of carbonyl (C=O) groups excluding carboxylic acids is 2. The predicted octanol–water partition coefficient (Wildman–Crippen LogP) is 2.19. The summed E-state index contributed by atoms with van der Waals surface area (Å²) in [5.74, 6) is -1.69. The van der Waals surface area contributed by atoms with Gasteiger partial charge < -0.3 is 10.1 Å². The molecule has 28 heavy (non-hydrogen) atoms. The van der Waals surface area contributed by atoms with Gasteiger partial charge in [0.25, 0.3) is 11.6 Å². The van der Waals surface area contributed by atoms with E-state index in [-0.39, 0.29) is 26.3 Å². The van der Waals surface area contributed by atoms with Crippen LogP contribution in [0.3, 0.4) is 0 Å². The number of sulfonamides is 1. The van der Waals surface area contributed by atoms with Gasteiger partial charge in [0.1, 0.15) is 0 Å². The molecule has 12 heteroatoms. The highest BCUT2D eigenvalue weighted by molar-refractivity contribution is 9.10. The van der Waals surface area contributed by atoms with Gasteiger partial charge in [0.05, 0.1) is 15.4 Å². The van der Waals surface area contributed by atoms with Crippen molar-refractivity contribution in [1.29, 1.82) is 0 Å². The molecule has 1 atom stereocenters. The number of hydrogen-bond donors (Lipinski definition) is 2. The van der Waals surface area contributed by atoms with E-state index >= 15 is 0 Å². The first-order valence-electron chi connectivity index (χ1n) is 7.57. The summed E-state index contributed by atoms with van der Waals surface area (Å²) in [6, 6.07) is 8.77. The van der Waals surface area contributed by atoms with Crippen LogP contribution in [0.1, 0.15) is 17.3 Å². The van der Waals surface area contributed by atoms with Crippen molar-refractivity contribution < 1.29 is 27.7 Å². The Balaban J connectivity index is 2.13. The SMILES string of the molecule is CC(OC(=O)c1cc(S(N)(=O)=O)ccc1Br)C(=O)Nc1cccc([N+](=O)[O-])c1. The summed E-state index contributed by atoms with van der Waals surface area (Å²) in [6.07, 6.45) is -1.27. The molecule has 0 aliphatic rings. The highest BCUT2D eigenvalue weighted by Crippen LogP contribution is 2.22. The average Bonchev–Trinajstić information content (AvgIpc) is 2.61. The molecule has 2 rings (SSSR count). The molecule has 0 aliphatic heterocycles. The van der Waals surface area contributed by atoms with E-state index in [1.54, 1.807) is 0 Å². The van der Waals surface area contributed by atoms with Crippen molar-refractivity contribution in [3.8, 4) is 0 Å².